The van der Waals surface area contributed by atoms with E-state index in [1.54, 1.807) is 0 Å². The highest BCUT2D eigenvalue weighted by Crippen LogP contribution is 2.32. The highest BCUT2D eigenvalue weighted by Gasteiger charge is 2.40. The SMILES string of the molecule is Cn1cc(C2C(N)NNC2C(=O)O)c2ccccc21. The molecule has 2 aromatic rings. The van der Waals surface area contributed by atoms with Crippen molar-refractivity contribution in [3.05, 3.63) is 36.0 Å². The normalized spacial score (nSPS) is 26.9. The molecule has 6 heteroatoms. The van der Waals surface area contributed by atoms with Gasteiger partial charge < -0.3 is 15.4 Å². The number of para-hydroxylation sites is 1. The van der Waals surface area contributed by atoms with Gasteiger partial charge in [0.25, 0.3) is 0 Å². The number of aliphatic carboxylic acids is 1. The van der Waals surface area contributed by atoms with Crippen LogP contribution in [-0.4, -0.2) is 27.9 Å². The molecule has 0 aliphatic carbocycles. The van der Waals surface area contributed by atoms with E-state index >= 15 is 0 Å². The number of nitrogens with two attached hydrogens (primary N) is 1. The minimum Gasteiger partial charge on any atom is -0.480 e. The van der Waals surface area contributed by atoms with Crippen molar-refractivity contribution in [2.45, 2.75) is 18.1 Å². The summed E-state index contributed by atoms with van der Waals surface area (Å²) in [6.45, 7) is 0. The minimum atomic E-state index is -0.904. The Balaban J connectivity index is 2.15. The monoisotopic (exact) mass is 260 g/mol. The first-order valence-electron chi connectivity index (χ1n) is 6.13. The molecule has 0 spiro atoms. The average molecular weight is 260 g/mol. The summed E-state index contributed by atoms with van der Waals surface area (Å²) in [4.78, 5) is 11.3. The average Bonchev–Trinajstić information content (AvgIpc) is 2.91. The van der Waals surface area contributed by atoms with Gasteiger partial charge in [-0.2, -0.15) is 0 Å². The Labute approximate surface area is 110 Å². The topological polar surface area (TPSA) is 92.3 Å². The van der Waals surface area contributed by atoms with E-state index in [-0.39, 0.29) is 5.92 Å². The Morgan fingerprint density at radius 2 is 2.11 bits per heavy atom. The zero-order valence-electron chi connectivity index (χ0n) is 10.5. The molecule has 100 valence electrons. The number of hydrogen-bond acceptors (Lipinski definition) is 4. The fraction of sp³-hybridized carbons (Fsp3) is 0.308. The maximum Gasteiger partial charge on any atom is 0.322 e. The van der Waals surface area contributed by atoms with Crippen LogP contribution in [0.4, 0.5) is 0 Å². The van der Waals surface area contributed by atoms with Crippen LogP contribution in [0.25, 0.3) is 10.9 Å². The van der Waals surface area contributed by atoms with Gasteiger partial charge in [-0.3, -0.25) is 4.79 Å². The van der Waals surface area contributed by atoms with Crippen molar-refractivity contribution in [2.75, 3.05) is 0 Å². The largest absolute Gasteiger partial charge is 0.480 e. The van der Waals surface area contributed by atoms with Gasteiger partial charge in [-0.25, -0.2) is 10.9 Å². The molecule has 3 atom stereocenters. The van der Waals surface area contributed by atoms with Crippen LogP contribution in [0.2, 0.25) is 0 Å². The van der Waals surface area contributed by atoms with Gasteiger partial charge in [-0.05, 0) is 11.6 Å². The number of aryl methyl sites for hydroxylation is 1. The van der Waals surface area contributed by atoms with Gasteiger partial charge in [-0.1, -0.05) is 18.2 Å². The molecule has 1 aliphatic heterocycles. The van der Waals surface area contributed by atoms with Crippen LogP contribution >= 0.6 is 0 Å². The van der Waals surface area contributed by atoms with E-state index in [0.29, 0.717) is 0 Å². The van der Waals surface area contributed by atoms with Crippen LogP contribution in [0, 0.1) is 0 Å². The smallest absolute Gasteiger partial charge is 0.322 e. The first-order valence-corrected chi connectivity index (χ1v) is 6.13. The van der Waals surface area contributed by atoms with Crippen LogP contribution in [0.3, 0.4) is 0 Å². The predicted octanol–water partition coefficient (Wildman–Crippen LogP) is 0.108. The van der Waals surface area contributed by atoms with Crippen molar-refractivity contribution in [3.8, 4) is 0 Å². The lowest BCUT2D eigenvalue weighted by Crippen LogP contribution is -2.39. The highest BCUT2D eigenvalue weighted by molar-refractivity contribution is 5.86. The summed E-state index contributed by atoms with van der Waals surface area (Å²) in [6.07, 6.45) is 1.53. The van der Waals surface area contributed by atoms with Gasteiger partial charge in [0.05, 0.1) is 6.17 Å². The molecule has 0 bridgehead atoms. The summed E-state index contributed by atoms with van der Waals surface area (Å²) in [6, 6.07) is 7.19. The lowest BCUT2D eigenvalue weighted by molar-refractivity contribution is -0.139. The van der Waals surface area contributed by atoms with Gasteiger partial charge >= 0.3 is 5.97 Å². The molecule has 3 rings (SSSR count). The van der Waals surface area contributed by atoms with E-state index in [4.69, 9.17) is 5.73 Å². The number of nitrogens with one attached hydrogen (secondary N) is 2. The molecule has 1 saturated heterocycles. The van der Waals surface area contributed by atoms with E-state index in [0.717, 1.165) is 16.5 Å². The van der Waals surface area contributed by atoms with E-state index < -0.39 is 18.2 Å². The predicted molar refractivity (Wildman–Crippen MR) is 71.3 cm³/mol. The second-order valence-electron chi connectivity index (χ2n) is 4.87. The van der Waals surface area contributed by atoms with E-state index in [1.165, 1.54) is 0 Å². The molecule has 1 fully saturated rings. The number of benzene rings is 1. The zero-order chi connectivity index (χ0) is 13.6. The Morgan fingerprint density at radius 3 is 2.84 bits per heavy atom. The maximum absolute atomic E-state index is 11.3. The van der Waals surface area contributed by atoms with E-state index in [2.05, 4.69) is 10.9 Å². The summed E-state index contributed by atoms with van der Waals surface area (Å²) in [5.74, 6) is -1.21. The van der Waals surface area contributed by atoms with Gasteiger partial charge in [-0.15, -0.1) is 0 Å². The Bertz CT molecular complexity index is 637. The van der Waals surface area contributed by atoms with Gasteiger partial charge in [0.1, 0.15) is 6.04 Å². The fourth-order valence-corrected chi connectivity index (χ4v) is 2.80. The zero-order valence-corrected chi connectivity index (χ0v) is 10.5. The number of nitrogens with zero attached hydrogens (tertiary/aromatic N) is 1. The van der Waals surface area contributed by atoms with Crippen molar-refractivity contribution in [2.24, 2.45) is 12.8 Å². The quantitative estimate of drug-likeness (QED) is 0.615. The van der Waals surface area contributed by atoms with E-state index in [1.807, 2.05) is 42.1 Å². The van der Waals surface area contributed by atoms with Crippen LogP contribution in [0.15, 0.2) is 30.5 Å². The van der Waals surface area contributed by atoms with Crippen LogP contribution in [0.1, 0.15) is 11.5 Å². The van der Waals surface area contributed by atoms with Crippen molar-refractivity contribution in [1.29, 1.82) is 0 Å². The third-order valence-corrected chi connectivity index (χ3v) is 3.70. The second-order valence-corrected chi connectivity index (χ2v) is 4.87. The van der Waals surface area contributed by atoms with Crippen molar-refractivity contribution < 1.29 is 9.90 Å². The van der Waals surface area contributed by atoms with Crippen LogP contribution < -0.4 is 16.6 Å². The number of hydrazine groups is 1. The van der Waals surface area contributed by atoms with Crippen molar-refractivity contribution in [3.63, 3.8) is 0 Å². The summed E-state index contributed by atoms with van der Waals surface area (Å²) < 4.78 is 1.99. The number of hydrogen-bond donors (Lipinski definition) is 4. The van der Waals surface area contributed by atoms with Crippen molar-refractivity contribution >= 4 is 16.9 Å². The third kappa shape index (κ3) is 1.81. The number of fused-ring (bicyclic) bond motifs is 1. The summed E-state index contributed by atoms with van der Waals surface area (Å²) >= 11 is 0. The van der Waals surface area contributed by atoms with E-state index in [9.17, 15) is 9.90 Å². The lowest BCUT2D eigenvalue weighted by atomic mass is 9.90. The molecule has 1 aromatic carbocycles. The highest BCUT2D eigenvalue weighted by atomic mass is 16.4. The van der Waals surface area contributed by atoms with Gasteiger partial charge in [0.15, 0.2) is 0 Å². The van der Waals surface area contributed by atoms with Gasteiger partial charge in [0.2, 0.25) is 0 Å². The summed E-state index contributed by atoms with van der Waals surface area (Å²) in [7, 11) is 1.95. The van der Waals surface area contributed by atoms with Crippen LogP contribution in [-0.2, 0) is 11.8 Å². The Hall–Kier alpha value is -1.89. The molecule has 1 aliphatic rings. The number of aromatic nitrogens is 1. The summed E-state index contributed by atoms with van der Waals surface area (Å²) in [5, 5.41) is 10.3. The molecule has 5 N–H and O–H groups in total. The third-order valence-electron chi connectivity index (χ3n) is 3.70. The Morgan fingerprint density at radius 1 is 1.37 bits per heavy atom. The second kappa shape index (κ2) is 4.34. The number of rotatable bonds is 2. The molecule has 19 heavy (non-hydrogen) atoms. The molecular formula is C13H16N4O2. The lowest BCUT2D eigenvalue weighted by Gasteiger charge is -2.17. The molecular weight excluding hydrogens is 244 g/mol. The first kappa shape index (κ1) is 12.2. The fourth-order valence-electron chi connectivity index (χ4n) is 2.80. The molecule has 6 nitrogen and oxygen atoms in total. The molecule has 3 unspecified atom stereocenters. The minimum absolute atomic E-state index is 0.302. The Kier molecular flexibility index (Phi) is 2.78. The molecule has 1 aromatic heterocycles. The number of carboxylic acids is 1. The molecule has 0 radical (unpaired) electrons. The standard InChI is InChI=1S/C13H16N4O2/c1-17-6-8(7-4-2-3-5-9(7)17)10-11(13(18)19)15-16-12(10)14/h2-6,10-12,15-16H,14H2,1H3,(H,18,19). The van der Waals surface area contributed by atoms with Crippen molar-refractivity contribution in [1.82, 2.24) is 15.4 Å². The van der Waals surface area contributed by atoms with Crippen LogP contribution in [0.5, 0.6) is 0 Å². The summed E-state index contributed by atoms with van der Waals surface area (Å²) in [5.41, 5.74) is 13.6. The number of carboxylic acid groups (broad SMARTS) is 1. The maximum atomic E-state index is 11.3. The first-order chi connectivity index (χ1) is 9.09. The molecule has 0 saturated carbocycles. The molecule has 0 amide bonds. The van der Waals surface area contributed by atoms with Gasteiger partial charge in [0, 0.05) is 30.1 Å². The molecule has 2 heterocycles. The number of carbonyl (C=O) groups is 1.